The van der Waals surface area contributed by atoms with Crippen molar-refractivity contribution < 1.29 is 9.53 Å². The lowest BCUT2D eigenvalue weighted by Crippen LogP contribution is -2.49. The van der Waals surface area contributed by atoms with E-state index < -0.39 is 5.60 Å². The molecule has 28 heavy (non-hydrogen) atoms. The highest BCUT2D eigenvalue weighted by atomic mass is 16.6. The highest BCUT2D eigenvalue weighted by Crippen LogP contribution is 2.28. The first-order valence-corrected chi connectivity index (χ1v) is 10.8. The van der Waals surface area contributed by atoms with Crippen LogP contribution in [0.5, 0.6) is 0 Å². The first-order valence-electron chi connectivity index (χ1n) is 10.8. The maximum atomic E-state index is 12.3. The van der Waals surface area contributed by atoms with E-state index in [4.69, 9.17) is 4.74 Å². The Hall–Kier alpha value is -1.75. The minimum atomic E-state index is -0.433. The molecule has 1 aromatic rings. The zero-order valence-electron chi connectivity index (χ0n) is 18.3. The fourth-order valence-electron chi connectivity index (χ4n) is 4.09. The number of hydrogen-bond donors (Lipinski definition) is 0. The van der Waals surface area contributed by atoms with Crippen LogP contribution >= 0.6 is 0 Å². The average molecular weight is 388 g/mol. The zero-order chi connectivity index (χ0) is 20.3. The van der Waals surface area contributed by atoms with Crippen LogP contribution in [0.3, 0.4) is 0 Å². The van der Waals surface area contributed by atoms with Crippen molar-refractivity contribution in [2.45, 2.75) is 59.6 Å². The summed E-state index contributed by atoms with van der Waals surface area (Å²) in [5, 5.41) is 0. The number of benzene rings is 1. The summed E-state index contributed by atoms with van der Waals surface area (Å²) in [4.78, 5) is 19.1. The number of anilines is 1. The summed E-state index contributed by atoms with van der Waals surface area (Å²) in [6.07, 6.45) is 2.39. The largest absolute Gasteiger partial charge is 0.444 e. The van der Waals surface area contributed by atoms with Gasteiger partial charge in [0.1, 0.15) is 5.60 Å². The lowest BCUT2D eigenvalue weighted by Gasteiger charge is -2.36. The quantitative estimate of drug-likeness (QED) is 0.775. The SMILES string of the molecule is Cc1c(CN2CCN(C(=O)OC(C)(C)C)CC2)cccc1N1CCC(C)CC1. The molecule has 0 spiro atoms. The lowest BCUT2D eigenvalue weighted by atomic mass is 9.97. The normalized spacial score (nSPS) is 19.8. The molecule has 0 unspecified atom stereocenters. The van der Waals surface area contributed by atoms with Gasteiger partial charge < -0.3 is 14.5 Å². The minimum absolute atomic E-state index is 0.190. The molecular formula is C23H37N3O2. The molecule has 2 fully saturated rings. The van der Waals surface area contributed by atoms with Crippen LogP contribution in [0.1, 0.15) is 51.7 Å². The van der Waals surface area contributed by atoms with Crippen LogP contribution in [0.15, 0.2) is 18.2 Å². The monoisotopic (exact) mass is 387 g/mol. The molecule has 0 atom stereocenters. The van der Waals surface area contributed by atoms with Crippen molar-refractivity contribution in [3.63, 3.8) is 0 Å². The predicted octanol–water partition coefficient (Wildman–Crippen LogP) is 4.28. The number of hydrogen-bond acceptors (Lipinski definition) is 4. The molecule has 5 nitrogen and oxygen atoms in total. The summed E-state index contributed by atoms with van der Waals surface area (Å²) in [6, 6.07) is 6.73. The molecular weight excluding hydrogens is 350 g/mol. The van der Waals surface area contributed by atoms with Crippen LogP contribution in [-0.2, 0) is 11.3 Å². The number of amides is 1. The van der Waals surface area contributed by atoms with Crippen molar-refractivity contribution in [3.05, 3.63) is 29.3 Å². The van der Waals surface area contributed by atoms with E-state index in [-0.39, 0.29) is 6.09 Å². The van der Waals surface area contributed by atoms with Crippen LogP contribution in [-0.4, -0.2) is 60.8 Å². The minimum Gasteiger partial charge on any atom is -0.444 e. The van der Waals surface area contributed by atoms with E-state index in [1.807, 2.05) is 25.7 Å². The van der Waals surface area contributed by atoms with Crippen molar-refractivity contribution in [1.29, 1.82) is 0 Å². The lowest BCUT2D eigenvalue weighted by molar-refractivity contribution is 0.0139. The molecule has 0 radical (unpaired) electrons. The number of carbonyl (C=O) groups is 1. The van der Waals surface area contributed by atoms with E-state index in [1.54, 1.807) is 0 Å². The molecule has 0 bridgehead atoms. The van der Waals surface area contributed by atoms with Gasteiger partial charge in [-0.15, -0.1) is 0 Å². The number of rotatable bonds is 3. The molecule has 0 aromatic heterocycles. The zero-order valence-corrected chi connectivity index (χ0v) is 18.3. The maximum Gasteiger partial charge on any atom is 0.410 e. The van der Waals surface area contributed by atoms with Crippen LogP contribution in [0.2, 0.25) is 0 Å². The van der Waals surface area contributed by atoms with E-state index >= 15 is 0 Å². The van der Waals surface area contributed by atoms with Crippen LogP contribution < -0.4 is 4.90 Å². The van der Waals surface area contributed by atoms with Crippen molar-refractivity contribution in [2.75, 3.05) is 44.2 Å². The Morgan fingerprint density at radius 1 is 1.07 bits per heavy atom. The Morgan fingerprint density at radius 2 is 1.71 bits per heavy atom. The van der Waals surface area contributed by atoms with Crippen molar-refractivity contribution in [2.24, 2.45) is 5.92 Å². The highest BCUT2D eigenvalue weighted by Gasteiger charge is 2.26. The number of ether oxygens (including phenoxy) is 1. The molecule has 1 aromatic carbocycles. The molecule has 0 aliphatic carbocycles. The molecule has 2 aliphatic heterocycles. The molecule has 3 rings (SSSR count). The topological polar surface area (TPSA) is 36.0 Å². The van der Waals surface area contributed by atoms with Crippen LogP contribution in [0.4, 0.5) is 10.5 Å². The van der Waals surface area contributed by atoms with Gasteiger partial charge >= 0.3 is 6.09 Å². The van der Waals surface area contributed by atoms with Crippen molar-refractivity contribution in [1.82, 2.24) is 9.80 Å². The molecule has 0 N–H and O–H groups in total. The maximum absolute atomic E-state index is 12.3. The third-order valence-electron chi connectivity index (χ3n) is 5.96. The average Bonchev–Trinajstić information content (AvgIpc) is 2.63. The third kappa shape index (κ3) is 5.40. The van der Waals surface area contributed by atoms with Gasteiger partial charge in [-0.25, -0.2) is 4.79 Å². The number of carbonyl (C=O) groups excluding carboxylic acids is 1. The van der Waals surface area contributed by atoms with Gasteiger partial charge in [0.15, 0.2) is 0 Å². The van der Waals surface area contributed by atoms with Gasteiger partial charge in [0, 0.05) is 51.5 Å². The Morgan fingerprint density at radius 3 is 2.32 bits per heavy atom. The molecule has 1 amide bonds. The molecule has 2 heterocycles. The number of piperidine rings is 1. The van der Waals surface area contributed by atoms with Gasteiger partial charge in [-0.2, -0.15) is 0 Å². The fourth-order valence-corrected chi connectivity index (χ4v) is 4.09. The number of nitrogens with zero attached hydrogens (tertiary/aromatic N) is 3. The third-order valence-corrected chi connectivity index (χ3v) is 5.96. The summed E-state index contributed by atoms with van der Waals surface area (Å²) in [5.74, 6) is 0.848. The predicted molar refractivity (Wildman–Crippen MR) is 115 cm³/mol. The van der Waals surface area contributed by atoms with Gasteiger partial charge in [-0.1, -0.05) is 19.1 Å². The van der Waals surface area contributed by atoms with E-state index in [0.717, 1.165) is 38.6 Å². The highest BCUT2D eigenvalue weighted by molar-refractivity contribution is 5.68. The molecule has 5 heteroatoms. The second-order valence-corrected chi connectivity index (χ2v) is 9.47. The summed E-state index contributed by atoms with van der Waals surface area (Å²) in [5.41, 5.74) is 3.78. The summed E-state index contributed by atoms with van der Waals surface area (Å²) < 4.78 is 5.50. The Labute approximate surface area is 170 Å². The first-order chi connectivity index (χ1) is 13.2. The first kappa shape index (κ1) is 21.0. The second kappa shape index (κ2) is 8.73. The van der Waals surface area contributed by atoms with Gasteiger partial charge in [-0.3, -0.25) is 4.90 Å². The van der Waals surface area contributed by atoms with Crippen LogP contribution in [0, 0.1) is 12.8 Å². The summed E-state index contributed by atoms with van der Waals surface area (Å²) >= 11 is 0. The van der Waals surface area contributed by atoms with Gasteiger partial charge in [0.05, 0.1) is 0 Å². The summed E-state index contributed by atoms with van der Waals surface area (Å²) in [7, 11) is 0. The smallest absolute Gasteiger partial charge is 0.410 e. The van der Waals surface area contributed by atoms with E-state index in [1.165, 1.54) is 42.7 Å². The standard InChI is InChI=1S/C23H37N3O2/c1-18-9-11-25(12-10-18)21-8-6-7-20(19(21)2)17-24-13-15-26(16-14-24)22(27)28-23(3,4)5/h6-8,18H,9-17H2,1-5H3. The molecule has 0 saturated carbocycles. The Balaban J connectivity index is 1.57. The molecule has 2 aliphatic rings. The van der Waals surface area contributed by atoms with E-state index in [2.05, 4.69) is 41.8 Å². The van der Waals surface area contributed by atoms with Gasteiger partial charge in [-0.05, 0) is 63.6 Å². The molecule has 2 saturated heterocycles. The van der Waals surface area contributed by atoms with E-state index in [9.17, 15) is 4.79 Å². The fraction of sp³-hybridized carbons (Fsp3) is 0.696. The van der Waals surface area contributed by atoms with Crippen molar-refractivity contribution >= 4 is 11.8 Å². The number of piperazine rings is 1. The van der Waals surface area contributed by atoms with Gasteiger partial charge in [0.2, 0.25) is 0 Å². The second-order valence-electron chi connectivity index (χ2n) is 9.47. The Kier molecular flexibility index (Phi) is 6.54. The van der Waals surface area contributed by atoms with Crippen LogP contribution in [0.25, 0.3) is 0 Å². The molecule has 156 valence electrons. The van der Waals surface area contributed by atoms with Gasteiger partial charge in [0.25, 0.3) is 0 Å². The van der Waals surface area contributed by atoms with E-state index in [0.29, 0.717) is 0 Å². The van der Waals surface area contributed by atoms with Crippen molar-refractivity contribution in [3.8, 4) is 0 Å². The Bertz CT molecular complexity index is 667. The summed E-state index contributed by atoms with van der Waals surface area (Å²) in [6.45, 7) is 16.9.